The van der Waals surface area contributed by atoms with E-state index >= 15 is 0 Å². The molecule has 0 unspecified atom stereocenters. The van der Waals surface area contributed by atoms with Crippen LogP contribution in [0.5, 0.6) is 11.5 Å². The van der Waals surface area contributed by atoms with Crippen LogP contribution in [0, 0.1) is 0 Å². The molecule has 3 rings (SSSR count). The monoisotopic (exact) mass is 409 g/mol. The second-order valence-electron chi connectivity index (χ2n) is 6.55. The molecule has 2 N–H and O–H groups in total. The number of anilines is 2. The fourth-order valence-electron chi connectivity index (χ4n) is 3.29. The first-order valence-corrected chi connectivity index (χ1v) is 9.53. The number of phenolic OH excluding ortho intramolecular Hbond substituents is 1. The number of methoxy groups -OCH3 is 1. The van der Waals surface area contributed by atoms with Crippen molar-refractivity contribution in [2.24, 2.45) is 0 Å². The Morgan fingerprint density at radius 1 is 1.10 bits per heavy atom. The number of aromatic hydroxyl groups is 1. The standard InChI is InChI=1S/C22H23N3O5/c1-4-24(5-2)15-11-10-14(18(26)13-15)12-16-20(27)23-22(29)25(21(16)28)17-8-6-7-9-19(17)30-3/h6-13,26H,4-5H2,1-3H3,(H,23,27,29). The number of para-hydroxylation sites is 2. The third-order valence-electron chi connectivity index (χ3n) is 4.87. The number of imide groups is 2. The molecule has 4 amide bonds. The van der Waals surface area contributed by atoms with Crippen LogP contribution in [-0.4, -0.2) is 43.2 Å². The summed E-state index contributed by atoms with van der Waals surface area (Å²) >= 11 is 0. The molecule has 0 atom stereocenters. The number of carbonyl (C=O) groups is 3. The Morgan fingerprint density at radius 3 is 2.43 bits per heavy atom. The number of ether oxygens (including phenoxy) is 1. The van der Waals surface area contributed by atoms with E-state index in [4.69, 9.17) is 4.74 Å². The fraction of sp³-hybridized carbons (Fsp3) is 0.227. The number of hydrogen-bond donors (Lipinski definition) is 2. The maximum atomic E-state index is 13.0. The zero-order valence-electron chi connectivity index (χ0n) is 17.0. The fourth-order valence-corrected chi connectivity index (χ4v) is 3.29. The molecule has 0 aromatic heterocycles. The quantitative estimate of drug-likeness (QED) is 0.562. The van der Waals surface area contributed by atoms with Crippen LogP contribution in [0.4, 0.5) is 16.2 Å². The molecule has 1 fully saturated rings. The molecular formula is C22H23N3O5. The lowest BCUT2D eigenvalue weighted by molar-refractivity contribution is -0.122. The summed E-state index contributed by atoms with van der Waals surface area (Å²) in [7, 11) is 1.42. The number of carbonyl (C=O) groups excluding carboxylic acids is 3. The molecule has 0 aliphatic carbocycles. The first-order valence-electron chi connectivity index (χ1n) is 9.53. The minimum Gasteiger partial charge on any atom is -0.507 e. The number of rotatable bonds is 6. The van der Waals surface area contributed by atoms with E-state index in [-0.39, 0.29) is 17.0 Å². The lowest BCUT2D eigenvalue weighted by Gasteiger charge is -2.27. The van der Waals surface area contributed by atoms with Crippen molar-refractivity contribution in [1.29, 1.82) is 0 Å². The molecule has 1 aliphatic heterocycles. The summed E-state index contributed by atoms with van der Waals surface area (Å²) < 4.78 is 5.23. The highest BCUT2D eigenvalue weighted by Crippen LogP contribution is 2.32. The van der Waals surface area contributed by atoms with Crippen molar-refractivity contribution in [3.63, 3.8) is 0 Å². The number of hydrogen-bond acceptors (Lipinski definition) is 6. The molecule has 2 aromatic rings. The Hall–Kier alpha value is -3.81. The summed E-state index contributed by atoms with van der Waals surface area (Å²) in [5, 5.41) is 12.6. The largest absolute Gasteiger partial charge is 0.507 e. The van der Waals surface area contributed by atoms with Gasteiger partial charge in [0.25, 0.3) is 11.8 Å². The molecule has 30 heavy (non-hydrogen) atoms. The van der Waals surface area contributed by atoms with Gasteiger partial charge in [-0.3, -0.25) is 14.9 Å². The summed E-state index contributed by atoms with van der Waals surface area (Å²) in [4.78, 5) is 40.7. The third-order valence-corrected chi connectivity index (χ3v) is 4.87. The molecule has 1 saturated heterocycles. The van der Waals surface area contributed by atoms with Gasteiger partial charge in [-0.25, -0.2) is 9.69 Å². The molecule has 1 heterocycles. The van der Waals surface area contributed by atoms with Crippen LogP contribution in [0.1, 0.15) is 19.4 Å². The van der Waals surface area contributed by atoms with Crippen molar-refractivity contribution >= 4 is 35.3 Å². The van der Waals surface area contributed by atoms with Crippen molar-refractivity contribution in [3.8, 4) is 11.5 Å². The Balaban J connectivity index is 2.01. The van der Waals surface area contributed by atoms with Crippen molar-refractivity contribution in [3.05, 3.63) is 53.6 Å². The summed E-state index contributed by atoms with van der Waals surface area (Å²) in [5.74, 6) is -1.40. The molecule has 0 spiro atoms. The topological polar surface area (TPSA) is 99.2 Å². The van der Waals surface area contributed by atoms with E-state index in [2.05, 4.69) is 10.2 Å². The predicted molar refractivity (Wildman–Crippen MR) is 114 cm³/mol. The first kappa shape index (κ1) is 20.9. The summed E-state index contributed by atoms with van der Waals surface area (Å²) in [6, 6.07) is 10.6. The first-order chi connectivity index (χ1) is 14.4. The van der Waals surface area contributed by atoms with Crippen LogP contribution in [0.25, 0.3) is 6.08 Å². The molecule has 156 valence electrons. The highest BCUT2D eigenvalue weighted by atomic mass is 16.5. The van der Waals surface area contributed by atoms with Gasteiger partial charge in [0.05, 0.1) is 12.8 Å². The van der Waals surface area contributed by atoms with Gasteiger partial charge in [0.1, 0.15) is 17.1 Å². The number of benzene rings is 2. The molecule has 0 bridgehead atoms. The molecule has 1 aliphatic rings. The lowest BCUT2D eigenvalue weighted by Crippen LogP contribution is -2.54. The number of nitrogens with one attached hydrogen (secondary N) is 1. The van der Waals surface area contributed by atoms with Crippen molar-refractivity contribution in [1.82, 2.24) is 5.32 Å². The van der Waals surface area contributed by atoms with Gasteiger partial charge in [0.2, 0.25) is 0 Å². The smallest absolute Gasteiger partial charge is 0.336 e. The molecule has 8 heteroatoms. The lowest BCUT2D eigenvalue weighted by atomic mass is 10.1. The second-order valence-corrected chi connectivity index (χ2v) is 6.55. The SMILES string of the molecule is CCN(CC)c1ccc(C=C2C(=O)NC(=O)N(c3ccccc3OC)C2=O)c(O)c1. The Kier molecular flexibility index (Phi) is 6.06. The van der Waals surface area contributed by atoms with Crippen molar-refractivity contribution < 1.29 is 24.2 Å². The maximum Gasteiger partial charge on any atom is 0.336 e. The highest BCUT2D eigenvalue weighted by Gasteiger charge is 2.38. The number of urea groups is 1. The number of barbiturate groups is 1. The Bertz CT molecular complexity index is 1030. The van der Waals surface area contributed by atoms with E-state index in [0.29, 0.717) is 11.3 Å². The Morgan fingerprint density at radius 2 is 1.80 bits per heavy atom. The van der Waals surface area contributed by atoms with E-state index in [0.717, 1.165) is 23.7 Å². The maximum absolute atomic E-state index is 13.0. The zero-order valence-corrected chi connectivity index (χ0v) is 17.0. The molecule has 0 saturated carbocycles. The number of phenols is 1. The van der Waals surface area contributed by atoms with Crippen molar-refractivity contribution in [2.45, 2.75) is 13.8 Å². The molecular weight excluding hydrogens is 386 g/mol. The van der Waals surface area contributed by atoms with E-state index < -0.39 is 17.8 Å². The summed E-state index contributed by atoms with van der Waals surface area (Å²) in [6.07, 6.45) is 1.27. The van der Waals surface area contributed by atoms with Crippen LogP contribution in [-0.2, 0) is 9.59 Å². The minimum atomic E-state index is -0.868. The van der Waals surface area contributed by atoms with Gasteiger partial charge in [-0.2, -0.15) is 0 Å². The second kappa shape index (κ2) is 8.69. The average Bonchev–Trinajstić information content (AvgIpc) is 2.73. The van der Waals surface area contributed by atoms with Crippen LogP contribution < -0.4 is 19.9 Å². The third kappa shape index (κ3) is 3.84. The van der Waals surface area contributed by atoms with Crippen LogP contribution >= 0.6 is 0 Å². The predicted octanol–water partition coefficient (Wildman–Crippen LogP) is 2.91. The zero-order chi connectivity index (χ0) is 21.8. The van der Waals surface area contributed by atoms with Crippen LogP contribution in [0.15, 0.2) is 48.0 Å². The molecule has 0 radical (unpaired) electrons. The van der Waals surface area contributed by atoms with Gasteiger partial charge >= 0.3 is 6.03 Å². The normalized spacial score (nSPS) is 15.4. The van der Waals surface area contributed by atoms with Gasteiger partial charge in [0, 0.05) is 30.4 Å². The van der Waals surface area contributed by atoms with Gasteiger partial charge in [-0.05, 0) is 44.2 Å². The van der Waals surface area contributed by atoms with Gasteiger partial charge < -0.3 is 14.7 Å². The van der Waals surface area contributed by atoms with E-state index in [9.17, 15) is 19.5 Å². The minimum absolute atomic E-state index is 0.0757. The highest BCUT2D eigenvalue weighted by molar-refractivity contribution is 6.39. The summed E-state index contributed by atoms with van der Waals surface area (Å²) in [6.45, 7) is 5.55. The van der Waals surface area contributed by atoms with Crippen LogP contribution in [0.2, 0.25) is 0 Å². The summed E-state index contributed by atoms with van der Waals surface area (Å²) in [5.41, 5.74) is 1.05. The van der Waals surface area contributed by atoms with Gasteiger partial charge in [-0.15, -0.1) is 0 Å². The molecule has 8 nitrogen and oxygen atoms in total. The molecule has 2 aromatic carbocycles. The number of nitrogens with zero attached hydrogens (tertiary/aromatic N) is 2. The van der Waals surface area contributed by atoms with E-state index in [1.54, 1.807) is 42.5 Å². The van der Waals surface area contributed by atoms with E-state index in [1.165, 1.54) is 13.2 Å². The average molecular weight is 409 g/mol. The van der Waals surface area contributed by atoms with Gasteiger partial charge in [-0.1, -0.05) is 12.1 Å². The Labute approximate surface area is 174 Å². The van der Waals surface area contributed by atoms with Crippen molar-refractivity contribution in [2.75, 3.05) is 30.0 Å². The number of amides is 4. The van der Waals surface area contributed by atoms with Crippen LogP contribution in [0.3, 0.4) is 0 Å². The van der Waals surface area contributed by atoms with Gasteiger partial charge in [0.15, 0.2) is 0 Å². The van der Waals surface area contributed by atoms with E-state index in [1.807, 2.05) is 13.8 Å².